The average Bonchev–Trinajstić information content (AvgIpc) is 2.79. The summed E-state index contributed by atoms with van der Waals surface area (Å²) >= 11 is 0. The van der Waals surface area contributed by atoms with Gasteiger partial charge in [0.25, 0.3) is 5.91 Å². The molecule has 8 nitrogen and oxygen atoms in total. The van der Waals surface area contributed by atoms with E-state index in [2.05, 4.69) is 35.4 Å². The third-order valence-corrected chi connectivity index (χ3v) is 4.79. The van der Waals surface area contributed by atoms with E-state index in [1.807, 2.05) is 0 Å². The molecular formula is C20H25F3IN7O. The standard InChI is InChI=1S/C20H24F3N7O.HI/c1-24-18(29-11-13-30(14-12-29)19-26-7-2-8-27-19)28-10-9-25-17(31)15-3-5-16(6-4-15)20(21,22)23;/h2-8H,9-14H2,1H3,(H,24,28)(H,25,31);1H. The lowest BCUT2D eigenvalue weighted by Gasteiger charge is -2.36. The van der Waals surface area contributed by atoms with Gasteiger partial charge in [-0.15, -0.1) is 24.0 Å². The van der Waals surface area contributed by atoms with Crippen molar-refractivity contribution < 1.29 is 18.0 Å². The lowest BCUT2D eigenvalue weighted by Crippen LogP contribution is -2.53. The number of rotatable bonds is 5. The van der Waals surface area contributed by atoms with Crippen LogP contribution in [0.3, 0.4) is 0 Å². The fourth-order valence-corrected chi connectivity index (χ4v) is 3.17. The molecule has 2 heterocycles. The van der Waals surface area contributed by atoms with Crippen LogP contribution in [0.15, 0.2) is 47.7 Å². The summed E-state index contributed by atoms with van der Waals surface area (Å²) in [6.07, 6.45) is -0.989. The van der Waals surface area contributed by atoms with Crippen LogP contribution in [0.2, 0.25) is 0 Å². The molecule has 0 atom stereocenters. The number of carbonyl (C=O) groups excluding carboxylic acids is 1. The number of nitrogens with zero attached hydrogens (tertiary/aromatic N) is 5. The first-order valence-corrected chi connectivity index (χ1v) is 9.81. The van der Waals surface area contributed by atoms with Gasteiger partial charge in [-0.1, -0.05) is 0 Å². The SMILES string of the molecule is CN=C(NCCNC(=O)c1ccc(C(F)(F)F)cc1)N1CCN(c2ncccn2)CC1.I. The number of amides is 1. The molecule has 2 N–H and O–H groups in total. The Balaban J connectivity index is 0.00000363. The third-order valence-electron chi connectivity index (χ3n) is 4.79. The van der Waals surface area contributed by atoms with E-state index in [0.29, 0.717) is 19.0 Å². The summed E-state index contributed by atoms with van der Waals surface area (Å²) in [5.41, 5.74) is -0.606. The molecule has 12 heteroatoms. The highest BCUT2D eigenvalue weighted by Gasteiger charge is 2.30. The maximum Gasteiger partial charge on any atom is 0.416 e. The maximum absolute atomic E-state index is 12.6. The lowest BCUT2D eigenvalue weighted by atomic mass is 10.1. The molecule has 1 aliphatic heterocycles. The van der Waals surface area contributed by atoms with Crippen LogP contribution in [0, 0.1) is 0 Å². The number of carbonyl (C=O) groups is 1. The molecule has 0 saturated carbocycles. The molecule has 0 radical (unpaired) electrons. The zero-order valence-electron chi connectivity index (χ0n) is 17.5. The van der Waals surface area contributed by atoms with Gasteiger partial charge in [-0.3, -0.25) is 9.79 Å². The minimum Gasteiger partial charge on any atom is -0.354 e. The van der Waals surface area contributed by atoms with Crippen LogP contribution >= 0.6 is 24.0 Å². The quantitative estimate of drug-likeness (QED) is 0.252. The summed E-state index contributed by atoms with van der Waals surface area (Å²) in [4.78, 5) is 29.1. The van der Waals surface area contributed by atoms with E-state index in [1.54, 1.807) is 25.5 Å². The normalized spacial score (nSPS) is 14.6. The molecule has 32 heavy (non-hydrogen) atoms. The second-order valence-corrected chi connectivity index (χ2v) is 6.83. The number of guanidine groups is 1. The van der Waals surface area contributed by atoms with Crippen LogP contribution in [0.1, 0.15) is 15.9 Å². The lowest BCUT2D eigenvalue weighted by molar-refractivity contribution is -0.137. The molecule has 0 spiro atoms. The van der Waals surface area contributed by atoms with Crippen molar-refractivity contribution in [3.05, 3.63) is 53.9 Å². The van der Waals surface area contributed by atoms with E-state index in [-0.39, 0.29) is 29.5 Å². The van der Waals surface area contributed by atoms with Gasteiger partial charge in [-0.25, -0.2) is 9.97 Å². The van der Waals surface area contributed by atoms with E-state index in [0.717, 1.165) is 44.3 Å². The molecule has 0 unspecified atom stereocenters. The zero-order chi connectivity index (χ0) is 22.3. The van der Waals surface area contributed by atoms with Crippen LogP contribution < -0.4 is 15.5 Å². The number of aliphatic imine (C=N–C) groups is 1. The largest absolute Gasteiger partial charge is 0.416 e. The Morgan fingerprint density at radius 1 is 1.03 bits per heavy atom. The number of nitrogens with one attached hydrogen (secondary N) is 2. The first-order valence-electron chi connectivity index (χ1n) is 9.81. The topological polar surface area (TPSA) is 85.8 Å². The Morgan fingerprint density at radius 2 is 1.62 bits per heavy atom. The molecule has 174 valence electrons. The van der Waals surface area contributed by atoms with Gasteiger partial charge in [0.2, 0.25) is 5.95 Å². The molecule has 3 rings (SSSR count). The van der Waals surface area contributed by atoms with Crippen LogP contribution in [-0.2, 0) is 6.18 Å². The number of benzene rings is 1. The van der Waals surface area contributed by atoms with E-state index >= 15 is 0 Å². The maximum atomic E-state index is 12.6. The fraction of sp³-hybridized carbons (Fsp3) is 0.400. The smallest absolute Gasteiger partial charge is 0.354 e. The van der Waals surface area contributed by atoms with Gasteiger partial charge in [0.15, 0.2) is 5.96 Å². The van der Waals surface area contributed by atoms with Gasteiger partial charge in [-0.2, -0.15) is 13.2 Å². The second kappa shape index (κ2) is 11.8. The van der Waals surface area contributed by atoms with E-state index in [1.165, 1.54) is 12.1 Å². The molecule has 1 saturated heterocycles. The number of piperazine rings is 1. The highest BCUT2D eigenvalue weighted by Crippen LogP contribution is 2.29. The van der Waals surface area contributed by atoms with Crippen molar-refractivity contribution in [1.82, 2.24) is 25.5 Å². The Hall–Kier alpha value is -2.64. The predicted molar refractivity (Wildman–Crippen MR) is 126 cm³/mol. The van der Waals surface area contributed by atoms with E-state index < -0.39 is 17.6 Å². The van der Waals surface area contributed by atoms with Crippen molar-refractivity contribution >= 4 is 41.8 Å². The number of aromatic nitrogens is 2. The zero-order valence-corrected chi connectivity index (χ0v) is 19.8. The van der Waals surface area contributed by atoms with Crippen molar-refractivity contribution in [3.8, 4) is 0 Å². The molecule has 1 amide bonds. The molecule has 1 fully saturated rings. The molecule has 2 aromatic rings. The first kappa shape index (κ1) is 25.6. The third kappa shape index (κ3) is 6.93. The molecule has 0 aliphatic carbocycles. The monoisotopic (exact) mass is 563 g/mol. The number of alkyl halides is 3. The summed E-state index contributed by atoms with van der Waals surface area (Å²) in [5, 5.41) is 5.88. The van der Waals surface area contributed by atoms with E-state index in [4.69, 9.17) is 0 Å². The second-order valence-electron chi connectivity index (χ2n) is 6.83. The number of halogens is 4. The van der Waals surface area contributed by atoms with E-state index in [9.17, 15) is 18.0 Å². The number of hydrogen-bond acceptors (Lipinski definition) is 5. The highest BCUT2D eigenvalue weighted by atomic mass is 127. The average molecular weight is 563 g/mol. The Morgan fingerprint density at radius 3 is 2.19 bits per heavy atom. The van der Waals surface area contributed by atoms with Crippen molar-refractivity contribution in [2.24, 2.45) is 4.99 Å². The van der Waals surface area contributed by atoms with Gasteiger partial charge >= 0.3 is 6.18 Å². The highest BCUT2D eigenvalue weighted by molar-refractivity contribution is 14.0. The van der Waals surface area contributed by atoms with Crippen LogP contribution in [0.5, 0.6) is 0 Å². The molecule has 1 aromatic carbocycles. The minimum atomic E-state index is -4.42. The predicted octanol–water partition coefficient (Wildman–Crippen LogP) is 2.24. The molecule has 1 aliphatic rings. The van der Waals surface area contributed by atoms with Crippen molar-refractivity contribution in [1.29, 1.82) is 0 Å². The Kier molecular flexibility index (Phi) is 9.47. The summed E-state index contributed by atoms with van der Waals surface area (Å²) in [7, 11) is 1.69. The van der Waals surface area contributed by atoms with Crippen molar-refractivity contribution in [3.63, 3.8) is 0 Å². The minimum absolute atomic E-state index is 0. The summed E-state index contributed by atoms with van der Waals surface area (Å²) in [6.45, 7) is 3.74. The first-order chi connectivity index (χ1) is 14.9. The number of anilines is 1. The van der Waals surface area contributed by atoms with Crippen molar-refractivity contribution in [2.45, 2.75) is 6.18 Å². The van der Waals surface area contributed by atoms with Gasteiger partial charge in [0.05, 0.1) is 5.56 Å². The summed E-state index contributed by atoms with van der Waals surface area (Å²) < 4.78 is 37.8. The van der Waals surface area contributed by atoms with Gasteiger partial charge in [0.1, 0.15) is 0 Å². The number of hydrogen-bond donors (Lipinski definition) is 2. The van der Waals surface area contributed by atoms with Crippen LogP contribution in [-0.4, -0.2) is 73.1 Å². The van der Waals surface area contributed by atoms with Crippen LogP contribution in [0.25, 0.3) is 0 Å². The van der Waals surface area contributed by atoms with Crippen LogP contribution in [0.4, 0.5) is 19.1 Å². The summed E-state index contributed by atoms with van der Waals surface area (Å²) in [5.74, 6) is 0.996. The van der Waals surface area contributed by atoms with Crippen molar-refractivity contribution in [2.75, 3.05) is 51.2 Å². The van der Waals surface area contributed by atoms with Gasteiger partial charge in [0, 0.05) is 64.3 Å². The Bertz CT molecular complexity index is 886. The fourth-order valence-electron chi connectivity index (χ4n) is 3.17. The van der Waals surface area contributed by atoms with Gasteiger partial charge in [-0.05, 0) is 30.3 Å². The summed E-state index contributed by atoms with van der Waals surface area (Å²) in [6, 6.07) is 5.91. The molecular weight excluding hydrogens is 538 g/mol. The molecule has 1 aromatic heterocycles. The van der Waals surface area contributed by atoms with Gasteiger partial charge < -0.3 is 20.4 Å². The molecule has 0 bridgehead atoms. The Labute approximate surface area is 201 Å².